The van der Waals surface area contributed by atoms with E-state index in [0.717, 1.165) is 17.7 Å². The summed E-state index contributed by atoms with van der Waals surface area (Å²) in [7, 11) is 0.475. The first-order chi connectivity index (χ1) is 10.6. The maximum absolute atomic E-state index is 11.8. The minimum atomic E-state index is -1.18. The van der Waals surface area contributed by atoms with Crippen LogP contribution in [-0.2, 0) is 17.5 Å². The van der Waals surface area contributed by atoms with E-state index in [-0.39, 0.29) is 0 Å². The van der Waals surface area contributed by atoms with Crippen LogP contribution in [0.25, 0.3) is 0 Å². The zero-order valence-electron chi connectivity index (χ0n) is 12.5. The Morgan fingerprint density at radius 3 is 2.55 bits per heavy atom. The van der Waals surface area contributed by atoms with Crippen LogP contribution >= 0.6 is 0 Å². The van der Waals surface area contributed by atoms with Gasteiger partial charge in [0.25, 0.3) is 0 Å². The van der Waals surface area contributed by atoms with E-state index in [4.69, 9.17) is 0 Å². The number of carbonyl (C=O) groups is 1. The number of aromatic nitrogens is 2. The summed E-state index contributed by atoms with van der Waals surface area (Å²) in [6, 6.07) is 7.07. The summed E-state index contributed by atoms with van der Waals surface area (Å²) < 4.78 is 13.5. The molecule has 0 saturated carbocycles. The summed E-state index contributed by atoms with van der Waals surface area (Å²) in [5.41, 5.74) is 4.28. The lowest BCUT2D eigenvalue weighted by atomic mass is 10.2. The van der Waals surface area contributed by atoms with Crippen molar-refractivity contribution in [3.05, 3.63) is 54.1 Å². The van der Waals surface area contributed by atoms with E-state index in [2.05, 4.69) is 21.2 Å². The number of nitrogens with one attached hydrogen (secondary N) is 1. The van der Waals surface area contributed by atoms with Gasteiger partial charge in [-0.2, -0.15) is 0 Å². The number of nitrogens with two attached hydrogens (primary N) is 1. The molecule has 0 saturated heterocycles. The summed E-state index contributed by atoms with van der Waals surface area (Å²) in [6.07, 6.45) is 7.17. The Morgan fingerprint density at radius 1 is 1.36 bits per heavy atom. The second-order valence-electron chi connectivity index (χ2n) is 4.16. The van der Waals surface area contributed by atoms with Crippen molar-refractivity contribution in [1.29, 1.82) is 0 Å². The molecule has 0 aliphatic heterocycles. The average molecular weight is 321 g/mol. The molecule has 0 bridgehead atoms. The molecule has 0 fully saturated rings. The fraction of sp³-hybridized carbons (Fsp3) is 0.214. The van der Waals surface area contributed by atoms with Gasteiger partial charge in [0.15, 0.2) is 6.29 Å². The lowest BCUT2D eigenvalue weighted by molar-refractivity contribution is 0.112. The molecule has 2 heterocycles. The maximum Gasteiger partial charge on any atom is 0.151 e. The summed E-state index contributed by atoms with van der Waals surface area (Å²) >= 11 is 0. The number of pyridine rings is 2. The highest BCUT2D eigenvalue weighted by Crippen LogP contribution is 2.16. The average Bonchev–Trinajstić information content (AvgIpc) is 2.54. The molecule has 2 rings (SSSR count). The largest absolute Gasteiger partial charge is 0.298 e. The Kier molecular flexibility index (Phi) is 7.90. The van der Waals surface area contributed by atoms with Crippen molar-refractivity contribution in [2.45, 2.75) is 6.54 Å². The highest BCUT2D eigenvalue weighted by atomic mass is 32.2. The third-order valence-electron chi connectivity index (χ3n) is 2.53. The van der Waals surface area contributed by atoms with Crippen molar-refractivity contribution >= 4 is 23.0 Å². The second kappa shape index (κ2) is 9.72. The van der Waals surface area contributed by atoms with Crippen molar-refractivity contribution in [3.63, 3.8) is 0 Å². The van der Waals surface area contributed by atoms with Gasteiger partial charge in [0.05, 0.1) is 24.1 Å². The molecular formula is C14H19N5O2S. The molecule has 0 aromatic carbocycles. The maximum atomic E-state index is 11.8. The van der Waals surface area contributed by atoms with Crippen LogP contribution in [0.4, 0.5) is 5.69 Å². The standard InChI is InChI=1S/C13H13N3O2S.CH6N2/c1-19(18)16(13-3-2-6-14-8-13)9-12-5-4-11(10-17)7-15-12;1-3-2/h2-8,10H,9H2,1H3;3H,2H2,1H3. The Hall–Kier alpha value is -2.16. The van der Waals surface area contributed by atoms with E-state index in [9.17, 15) is 9.00 Å². The molecule has 22 heavy (non-hydrogen) atoms. The quantitative estimate of drug-likeness (QED) is 0.477. The number of hydrogen-bond donors (Lipinski definition) is 2. The van der Waals surface area contributed by atoms with Crippen LogP contribution in [0, 0.1) is 0 Å². The first-order valence-electron chi connectivity index (χ1n) is 6.41. The van der Waals surface area contributed by atoms with Crippen LogP contribution in [0.3, 0.4) is 0 Å². The number of rotatable bonds is 5. The minimum Gasteiger partial charge on any atom is -0.298 e. The predicted octanol–water partition coefficient (Wildman–Crippen LogP) is 0.669. The summed E-state index contributed by atoms with van der Waals surface area (Å²) in [5.74, 6) is 4.60. The molecule has 7 nitrogen and oxygen atoms in total. The lowest BCUT2D eigenvalue weighted by Crippen LogP contribution is -2.24. The number of hydrazine groups is 1. The highest BCUT2D eigenvalue weighted by molar-refractivity contribution is 7.85. The minimum absolute atomic E-state index is 0.397. The van der Waals surface area contributed by atoms with E-state index in [1.165, 1.54) is 6.20 Å². The van der Waals surface area contributed by atoms with Crippen molar-refractivity contribution in [2.24, 2.45) is 5.84 Å². The van der Waals surface area contributed by atoms with Crippen LogP contribution in [0.15, 0.2) is 42.9 Å². The molecule has 118 valence electrons. The summed E-state index contributed by atoms with van der Waals surface area (Å²) in [4.78, 5) is 18.7. The smallest absolute Gasteiger partial charge is 0.151 e. The molecule has 2 aromatic rings. The van der Waals surface area contributed by atoms with Crippen LogP contribution < -0.4 is 15.6 Å². The van der Waals surface area contributed by atoms with Crippen molar-refractivity contribution < 1.29 is 9.00 Å². The van der Waals surface area contributed by atoms with Gasteiger partial charge in [-0.25, -0.2) is 4.21 Å². The van der Waals surface area contributed by atoms with Gasteiger partial charge in [-0.1, -0.05) is 0 Å². The van der Waals surface area contributed by atoms with Crippen molar-refractivity contribution in [3.8, 4) is 0 Å². The van der Waals surface area contributed by atoms with Crippen LogP contribution in [-0.4, -0.2) is 33.8 Å². The number of aldehydes is 1. The van der Waals surface area contributed by atoms with Crippen LogP contribution in [0.2, 0.25) is 0 Å². The van der Waals surface area contributed by atoms with E-state index in [0.29, 0.717) is 12.1 Å². The number of anilines is 1. The van der Waals surface area contributed by atoms with Crippen LogP contribution in [0.1, 0.15) is 16.1 Å². The first kappa shape index (κ1) is 17.9. The predicted molar refractivity (Wildman–Crippen MR) is 87.4 cm³/mol. The van der Waals surface area contributed by atoms with E-state index >= 15 is 0 Å². The van der Waals surface area contributed by atoms with E-state index < -0.39 is 11.0 Å². The van der Waals surface area contributed by atoms with Gasteiger partial charge in [-0.15, -0.1) is 0 Å². The van der Waals surface area contributed by atoms with E-state index in [1.54, 1.807) is 48.2 Å². The zero-order chi connectivity index (χ0) is 16.4. The Labute approximate surface area is 132 Å². The Morgan fingerprint density at radius 2 is 2.09 bits per heavy atom. The summed E-state index contributed by atoms with van der Waals surface area (Å²) in [5, 5.41) is 0. The zero-order valence-corrected chi connectivity index (χ0v) is 13.3. The molecule has 0 aliphatic carbocycles. The molecule has 0 radical (unpaired) electrons. The fourth-order valence-corrected chi connectivity index (χ4v) is 2.30. The SMILES string of the molecule is CNN.CS(=O)N(Cc1ccc(C=O)cn1)c1cccnc1. The van der Waals surface area contributed by atoms with Crippen LogP contribution in [0.5, 0.6) is 0 Å². The monoisotopic (exact) mass is 321 g/mol. The van der Waals surface area contributed by atoms with Crippen molar-refractivity contribution in [2.75, 3.05) is 17.6 Å². The topological polar surface area (TPSA) is 101 Å². The molecule has 0 amide bonds. The molecule has 2 aromatic heterocycles. The second-order valence-corrected chi connectivity index (χ2v) is 5.45. The third-order valence-corrected chi connectivity index (χ3v) is 3.49. The molecule has 0 spiro atoms. The van der Waals surface area contributed by atoms with Crippen molar-refractivity contribution in [1.82, 2.24) is 15.4 Å². The fourth-order valence-electron chi connectivity index (χ4n) is 1.58. The number of hydrogen-bond acceptors (Lipinski definition) is 6. The van der Waals surface area contributed by atoms with Gasteiger partial charge in [0.1, 0.15) is 11.0 Å². The normalized spacial score (nSPS) is 11.0. The van der Waals surface area contributed by atoms with Gasteiger partial charge >= 0.3 is 0 Å². The van der Waals surface area contributed by atoms with Gasteiger partial charge in [-0.3, -0.25) is 30.3 Å². The number of nitrogens with zero attached hydrogens (tertiary/aromatic N) is 3. The summed E-state index contributed by atoms with van der Waals surface area (Å²) in [6.45, 7) is 0.397. The first-order valence-corrected chi connectivity index (χ1v) is 7.92. The van der Waals surface area contributed by atoms with Gasteiger partial charge < -0.3 is 0 Å². The van der Waals surface area contributed by atoms with Gasteiger partial charge in [0.2, 0.25) is 0 Å². The lowest BCUT2D eigenvalue weighted by Gasteiger charge is -2.20. The molecule has 1 atom stereocenters. The molecular weight excluding hydrogens is 302 g/mol. The van der Waals surface area contributed by atoms with E-state index in [1.807, 2.05) is 6.07 Å². The molecule has 0 aliphatic rings. The number of carbonyl (C=O) groups excluding carboxylic acids is 1. The molecule has 8 heteroatoms. The Balaban J connectivity index is 0.000000745. The highest BCUT2D eigenvalue weighted by Gasteiger charge is 2.11. The van der Waals surface area contributed by atoms with Gasteiger partial charge in [0, 0.05) is 24.2 Å². The molecule has 3 N–H and O–H groups in total. The molecule has 1 unspecified atom stereocenters. The van der Waals surface area contributed by atoms with Gasteiger partial charge in [-0.05, 0) is 31.3 Å². The third kappa shape index (κ3) is 5.68. The Bertz CT molecular complexity index is 592.